The van der Waals surface area contributed by atoms with Crippen LogP contribution in [0.1, 0.15) is 70.4 Å². The van der Waals surface area contributed by atoms with E-state index in [2.05, 4.69) is 22.5 Å². The fourth-order valence-corrected chi connectivity index (χ4v) is 4.24. The van der Waals surface area contributed by atoms with Gasteiger partial charge < -0.3 is 15.4 Å². The van der Waals surface area contributed by atoms with Crippen LogP contribution in [0.25, 0.3) is 0 Å². The number of urea groups is 1. The Bertz CT molecular complexity index is 741. The number of aliphatic imine (C=N–C) groups is 1. The van der Waals surface area contributed by atoms with Gasteiger partial charge in [0.15, 0.2) is 0 Å². The molecule has 1 saturated carbocycles. The summed E-state index contributed by atoms with van der Waals surface area (Å²) in [7, 11) is 0. The lowest BCUT2D eigenvalue weighted by molar-refractivity contribution is -0.148. The molecule has 0 bridgehead atoms. The van der Waals surface area contributed by atoms with E-state index in [9.17, 15) is 9.59 Å². The van der Waals surface area contributed by atoms with Crippen molar-refractivity contribution in [2.45, 2.75) is 64.8 Å². The summed E-state index contributed by atoms with van der Waals surface area (Å²) in [6.07, 6.45) is 7.51. The molecule has 29 heavy (non-hydrogen) atoms. The third kappa shape index (κ3) is 5.58. The maximum atomic E-state index is 13.1. The Labute approximate surface area is 173 Å². The first kappa shape index (κ1) is 21.3. The highest BCUT2D eigenvalue weighted by Crippen LogP contribution is 2.31. The fraction of sp³-hybridized carbons (Fsp3) is 0.609. The minimum absolute atomic E-state index is 0.284. The van der Waals surface area contributed by atoms with E-state index >= 15 is 0 Å². The standard InChI is InChI=1S/C23H33N3O3/c1-3-13-24-18-12-8-11-17(14-18)21-20(19(4-2)25-23(28)26-21)22(27)29-15-16-9-6-5-7-10-16/h8,11-12,14,16,20-21,24H,3-7,9-10,13,15H2,1-2H3,(H,26,28). The molecule has 0 aromatic heterocycles. The average molecular weight is 400 g/mol. The van der Waals surface area contributed by atoms with Crippen LogP contribution in [0.15, 0.2) is 29.3 Å². The molecule has 1 aromatic carbocycles. The number of nitrogens with one attached hydrogen (secondary N) is 2. The highest BCUT2D eigenvalue weighted by molar-refractivity contribution is 6.09. The van der Waals surface area contributed by atoms with Crippen LogP contribution in [0.2, 0.25) is 0 Å². The molecule has 1 aliphatic carbocycles. The van der Waals surface area contributed by atoms with E-state index in [0.717, 1.165) is 37.1 Å². The first-order chi connectivity index (χ1) is 14.1. The van der Waals surface area contributed by atoms with Crippen molar-refractivity contribution in [3.05, 3.63) is 29.8 Å². The van der Waals surface area contributed by atoms with Gasteiger partial charge in [0.2, 0.25) is 0 Å². The quantitative estimate of drug-likeness (QED) is 0.612. The van der Waals surface area contributed by atoms with Gasteiger partial charge in [0.25, 0.3) is 0 Å². The zero-order valence-electron chi connectivity index (χ0n) is 17.6. The van der Waals surface area contributed by atoms with Crippen LogP contribution < -0.4 is 10.6 Å². The number of hydrogen-bond acceptors (Lipinski definition) is 4. The molecule has 1 heterocycles. The zero-order valence-corrected chi connectivity index (χ0v) is 17.6. The highest BCUT2D eigenvalue weighted by Gasteiger charge is 2.39. The van der Waals surface area contributed by atoms with Crippen LogP contribution in [-0.4, -0.2) is 30.9 Å². The topological polar surface area (TPSA) is 79.8 Å². The van der Waals surface area contributed by atoms with Gasteiger partial charge >= 0.3 is 12.0 Å². The van der Waals surface area contributed by atoms with Crippen LogP contribution in [0.5, 0.6) is 0 Å². The number of carbonyl (C=O) groups excluding carboxylic acids is 2. The summed E-state index contributed by atoms with van der Waals surface area (Å²) in [6, 6.07) is 7.03. The van der Waals surface area contributed by atoms with E-state index in [1.807, 2.05) is 31.2 Å². The smallest absolute Gasteiger partial charge is 0.341 e. The minimum atomic E-state index is -0.581. The number of hydrogen-bond donors (Lipinski definition) is 2. The molecule has 2 unspecified atom stereocenters. The summed E-state index contributed by atoms with van der Waals surface area (Å²) in [4.78, 5) is 29.4. The van der Waals surface area contributed by atoms with Gasteiger partial charge in [0.1, 0.15) is 5.92 Å². The fourth-order valence-electron chi connectivity index (χ4n) is 4.24. The Balaban J connectivity index is 1.79. The molecule has 2 amide bonds. The number of anilines is 1. The molecular formula is C23H33N3O3. The Morgan fingerprint density at radius 2 is 2.03 bits per heavy atom. The van der Waals surface area contributed by atoms with Gasteiger partial charge in [-0.1, -0.05) is 45.2 Å². The lowest BCUT2D eigenvalue weighted by Gasteiger charge is -2.31. The Hall–Kier alpha value is -2.37. The van der Waals surface area contributed by atoms with Gasteiger partial charge in [-0.25, -0.2) is 9.79 Å². The zero-order chi connectivity index (χ0) is 20.6. The highest BCUT2D eigenvalue weighted by atomic mass is 16.5. The van der Waals surface area contributed by atoms with Gasteiger partial charge in [-0.2, -0.15) is 0 Å². The second-order valence-corrected chi connectivity index (χ2v) is 8.05. The second-order valence-electron chi connectivity index (χ2n) is 8.05. The molecule has 2 atom stereocenters. The monoisotopic (exact) mass is 399 g/mol. The third-order valence-electron chi connectivity index (χ3n) is 5.84. The van der Waals surface area contributed by atoms with Crippen LogP contribution in [0.3, 0.4) is 0 Å². The number of rotatable bonds is 8. The number of ether oxygens (including phenoxy) is 1. The van der Waals surface area contributed by atoms with Gasteiger partial charge in [0.05, 0.1) is 12.6 Å². The van der Waals surface area contributed by atoms with Crippen LogP contribution in [0, 0.1) is 11.8 Å². The van der Waals surface area contributed by atoms with Gasteiger partial charge in [-0.3, -0.25) is 4.79 Å². The van der Waals surface area contributed by atoms with Crippen molar-refractivity contribution < 1.29 is 14.3 Å². The number of esters is 1. The van der Waals surface area contributed by atoms with Crippen molar-refractivity contribution in [3.63, 3.8) is 0 Å². The lowest BCUT2D eigenvalue weighted by Crippen LogP contribution is -2.45. The molecule has 6 nitrogen and oxygen atoms in total. The summed E-state index contributed by atoms with van der Waals surface area (Å²) in [6.45, 7) is 5.37. The normalized spacial score (nSPS) is 22.6. The number of carbonyl (C=O) groups is 2. The lowest BCUT2D eigenvalue weighted by atomic mass is 9.86. The van der Waals surface area contributed by atoms with E-state index in [0.29, 0.717) is 24.7 Å². The second kappa shape index (κ2) is 10.4. The Kier molecular flexibility index (Phi) is 7.67. The molecule has 0 saturated heterocycles. The number of nitrogens with zero attached hydrogens (tertiary/aromatic N) is 1. The van der Waals surface area contributed by atoms with Gasteiger partial charge in [-0.15, -0.1) is 0 Å². The maximum absolute atomic E-state index is 13.1. The van der Waals surface area contributed by atoms with Crippen molar-refractivity contribution in [1.82, 2.24) is 5.32 Å². The predicted molar refractivity (Wildman–Crippen MR) is 115 cm³/mol. The summed E-state index contributed by atoms with van der Waals surface area (Å²) >= 11 is 0. The molecule has 6 heteroatoms. The first-order valence-corrected chi connectivity index (χ1v) is 11.0. The molecular weight excluding hydrogens is 366 g/mol. The van der Waals surface area contributed by atoms with Crippen molar-refractivity contribution >= 4 is 23.4 Å². The summed E-state index contributed by atoms with van der Waals surface area (Å²) in [5, 5.41) is 6.26. The van der Waals surface area contributed by atoms with Crippen LogP contribution in [0.4, 0.5) is 10.5 Å². The third-order valence-corrected chi connectivity index (χ3v) is 5.84. The Morgan fingerprint density at radius 1 is 1.24 bits per heavy atom. The van der Waals surface area contributed by atoms with E-state index in [1.54, 1.807) is 0 Å². The van der Waals surface area contributed by atoms with Crippen molar-refractivity contribution in [1.29, 1.82) is 0 Å². The molecule has 3 rings (SSSR count). The molecule has 0 spiro atoms. The molecule has 1 aliphatic heterocycles. The van der Waals surface area contributed by atoms with E-state index in [-0.39, 0.29) is 5.97 Å². The Morgan fingerprint density at radius 3 is 2.76 bits per heavy atom. The van der Waals surface area contributed by atoms with Gasteiger partial charge in [0, 0.05) is 17.9 Å². The molecule has 0 radical (unpaired) electrons. The number of benzene rings is 1. The molecule has 1 aromatic rings. The molecule has 1 fully saturated rings. The largest absolute Gasteiger partial charge is 0.465 e. The average Bonchev–Trinajstić information content (AvgIpc) is 2.76. The van der Waals surface area contributed by atoms with Gasteiger partial charge in [-0.05, 0) is 49.3 Å². The van der Waals surface area contributed by atoms with E-state index < -0.39 is 18.0 Å². The van der Waals surface area contributed by atoms with E-state index in [1.165, 1.54) is 19.3 Å². The maximum Gasteiger partial charge on any atom is 0.341 e. The van der Waals surface area contributed by atoms with Crippen molar-refractivity contribution in [2.24, 2.45) is 16.8 Å². The summed E-state index contributed by atoms with van der Waals surface area (Å²) in [5.74, 6) is -0.413. The van der Waals surface area contributed by atoms with E-state index in [4.69, 9.17) is 4.74 Å². The van der Waals surface area contributed by atoms with Crippen molar-refractivity contribution in [2.75, 3.05) is 18.5 Å². The minimum Gasteiger partial charge on any atom is -0.465 e. The number of amides is 2. The summed E-state index contributed by atoms with van der Waals surface area (Å²) < 4.78 is 5.75. The molecule has 2 N–H and O–H groups in total. The summed E-state index contributed by atoms with van der Waals surface area (Å²) in [5.41, 5.74) is 2.47. The SMILES string of the molecule is CCCNc1cccc(C2NC(=O)N=C(CC)C2C(=O)OCC2CCCCC2)c1. The van der Waals surface area contributed by atoms with Crippen LogP contribution in [-0.2, 0) is 9.53 Å². The van der Waals surface area contributed by atoms with Crippen LogP contribution >= 0.6 is 0 Å². The predicted octanol–water partition coefficient (Wildman–Crippen LogP) is 4.86. The first-order valence-electron chi connectivity index (χ1n) is 11.0. The molecule has 158 valence electrons. The molecule has 2 aliphatic rings. The van der Waals surface area contributed by atoms with Crippen molar-refractivity contribution in [3.8, 4) is 0 Å².